The van der Waals surface area contributed by atoms with E-state index in [1.807, 2.05) is 18.2 Å². The molecule has 0 bridgehead atoms. The van der Waals surface area contributed by atoms with Gasteiger partial charge in [-0.05, 0) is 48.6 Å². The van der Waals surface area contributed by atoms with E-state index < -0.39 is 5.91 Å². The number of carbonyl (C=O) groups excluding carboxylic acids is 2. The quantitative estimate of drug-likeness (QED) is 0.609. The maximum Gasteiger partial charge on any atom is 0.251 e. The van der Waals surface area contributed by atoms with Gasteiger partial charge in [-0.15, -0.1) is 11.8 Å². The first-order chi connectivity index (χ1) is 10.7. The molecule has 0 saturated heterocycles. The Morgan fingerprint density at radius 3 is 2.23 bits per heavy atom. The molecule has 22 heavy (non-hydrogen) atoms. The van der Waals surface area contributed by atoms with Gasteiger partial charge in [-0.1, -0.05) is 18.2 Å². The molecule has 2 aromatic carbocycles. The van der Waals surface area contributed by atoms with Crippen LogP contribution in [-0.4, -0.2) is 24.1 Å². The maximum atomic E-state index is 11.9. The molecule has 3 N–H and O–H groups in total. The molecular formula is C17H18N2O2S. The maximum absolute atomic E-state index is 11.9. The predicted octanol–water partition coefficient (Wildman–Crippen LogP) is 2.70. The summed E-state index contributed by atoms with van der Waals surface area (Å²) >= 11 is 1.77. The summed E-state index contributed by atoms with van der Waals surface area (Å²) in [4.78, 5) is 24.1. The number of nitrogens with two attached hydrogens (primary N) is 1. The summed E-state index contributed by atoms with van der Waals surface area (Å²) in [6, 6.07) is 16.5. The second-order valence-corrected chi connectivity index (χ2v) is 5.88. The fourth-order valence-electron chi connectivity index (χ4n) is 1.87. The number of thioether (sulfide) groups is 1. The lowest BCUT2D eigenvalue weighted by molar-refractivity contribution is 0.0951. The Hall–Kier alpha value is -2.27. The molecule has 5 heteroatoms. The van der Waals surface area contributed by atoms with Gasteiger partial charge in [0.2, 0.25) is 5.91 Å². The van der Waals surface area contributed by atoms with Crippen molar-refractivity contribution in [1.82, 2.24) is 5.32 Å². The summed E-state index contributed by atoms with van der Waals surface area (Å²) in [7, 11) is 0. The molecule has 2 rings (SSSR count). The third-order valence-electron chi connectivity index (χ3n) is 3.05. The van der Waals surface area contributed by atoms with E-state index >= 15 is 0 Å². The van der Waals surface area contributed by atoms with E-state index in [9.17, 15) is 9.59 Å². The van der Waals surface area contributed by atoms with Gasteiger partial charge in [0, 0.05) is 22.6 Å². The minimum absolute atomic E-state index is 0.138. The minimum atomic E-state index is -0.495. The molecule has 4 nitrogen and oxygen atoms in total. The highest BCUT2D eigenvalue weighted by Crippen LogP contribution is 2.17. The van der Waals surface area contributed by atoms with E-state index in [0.717, 1.165) is 12.2 Å². The van der Waals surface area contributed by atoms with Crippen molar-refractivity contribution in [3.05, 3.63) is 65.7 Å². The van der Waals surface area contributed by atoms with Crippen molar-refractivity contribution in [2.75, 3.05) is 12.3 Å². The molecule has 0 spiro atoms. The predicted molar refractivity (Wildman–Crippen MR) is 89.1 cm³/mol. The van der Waals surface area contributed by atoms with Gasteiger partial charge in [-0.2, -0.15) is 0 Å². The second-order valence-electron chi connectivity index (χ2n) is 4.71. The van der Waals surface area contributed by atoms with Crippen LogP contribution in [0, 0.1) is 0 Å². The van der Waals surface area contributed by atoms with Crippen LogP contribution < -0.4 is 11.1 Å². The summed E-state index contributed by atoms with van der Waals surface area (Å²) in [6.07, 6.45) is 0.894. The Morgan fingerprint density at radius 2 is 1.59 bits per heavy atom. The number of amides is 2. The minimum Gasteiger partial charge on any atom is -0.366 e. The van der Waals surface area contributed by atoms with E-state index in [4.69, 9.17) is 5.73 Å². The molecule has 0 unspecified atom stereocenters. The largest absolute Gasteiger partial charge is 0.366 e. The van der Waals surface area contributed by atoms with Crippen LogP contribution in [0.5, 0.6) is 0 Å². The first-order valence-corrected chi connectivity index (χ1v) is 8.01. The van der Waals surface area contributed by atoms with Crippen LogP contribution in [0.4, 0.5) is 0 Å². The van der Waals surface area contributed by atoms with Crippen LogP contribution in [0.1, 0.15) is 27.1 Å². The summed E-state index contributed by atoms with van der Waals surface area (Å²) in [6.45, 7) is 0.621. The zero-order valence-corrected chi connectivity index (χ0v) is 12.9. The fourth-order valence-corrected chi connectivity index (χ4v) is 2.74. The van der Waals surface area contributed by atoms with Crippen LogP contribution in [0.15, 0.2) is 59.5 Å². The monoisotopic (exact) mass is 314 g/mol. The van der Waals surface area contributed by atoms with Crippen LogP contribution in [0.2, 0.25) is 0 Å². The van der Waals surface area contributed by atoms with Crippen molar-refractivity contribution in [3.8, 4) is 0 Å². The highest BCUT2D eigenvalue weighted by atomic mass is 32.2. The number of hydrogen-bond acceptors (Lipinski definition) is 3. The summed E-state index contributed by atoms with van der Waals surface area (Å²) in [5.74, 6) is 0.316. The Balaban J connectivity index is 1.70. The smallest absolute Gasteiger partial charge is 0.251 e. The first kappa shape index (κ1) is 16.1. The van der Waals surface area contributed by atoms with Crippen LogP contribution >= 0.6 is 11.8 Å². The lowest BCUT2D eigenvalue weighted by Gasteiger charge is -2.06. The third kappa shape index (κ3) is 4.93. The number of rotatable bonds is 7. The zero-order valence-electron chi connectivity index (χ0n) is 12.1. The molecule has 0 aliphatic heterocycles. The van der Waals surface area contributed by atoms with Crippen LogP contribution in [0.25, 0.3) is 0 Å². The molecule has 0 aliphatic carbocycles. The lowest BCUT2D eigenvalue weighted by atomic mass is 10.1. The molecular weight excluding hydrogens is 296 g/mol. The first-order valence-electron chi connectivity index (χ1n) is 7.03. The molecule has 0 aromatic heterocycles. The molecule has 0 heterocycles. The molecule has 0 aliphatic rings. The van der Waals surface area contributed by atoms with Crippen LogP contribution in [0.3, 0.4) is 0 Å². The number of benzene rings is 2. The topological polar surface area (TPSA) is 72.2 Å². The van der Waals surface area contributed by atoms with Crippen molar-refractivity contribution in [2.45, 2.75) is 11.3 Å². The van der Waals surface area contributed by atoms with Crippen molar-refractivity contribution in [1.29, 1.82) is 0 Å². The Bertz CT molecular complexity index is 627. The molecule has 0 fully saturated rings. The molecule has 0 saturated carbocycles. The molecule has 114 valence electrons. The van der Waals surface area contributed by atoms with Gasteiger partial charge < -0.3 is 11.1 Å². The number of primary amides is 1. The van der Waals surface area contributed by atoms with Gasteiger partial charge in [0.25, 0.3) is 5.91 Å². The number of nitrogens with one attached hydrogen (secondary N) is 1. The van der Waals surface area contributed by atoms with Gasteiger partial charge in [0.1, 0.15) is 0 Å². The fraction of sp³-hybridized carbons (Fsp3) is 0.176. The Labute approximate surface area is 134 Å². The summed E-state index contributed by atoms with van der Waals surface area (Å²) in [5.41, 5.74) is 6.09. The van der Waals surface area contributed by atoms with Crippen molar-refractivity contribution in [3.63, 3.8) is 0 Å². The van der Waals surface area contributed by atoms with Crippen molar-refractivity contribution < 1.29 is 9.59 Å². The zero-order chi connectivity index (χ0) is 15.8. The second kappa shape index (κ2) is 8.24. The van der Waals surface area contributed by atoms with Gasteiger partial charge in [-0.3, -0.25) is 9.59 Å². The molecule has 2 amide bonds. The standard InChI is InChI=1S/C17H18N2O2S/c18-16(20)13-7-9-14(10-8-13)17(21)19-11-4-12-22-15-5-2-1-3-6-15/h1-3,5-10H,4,11-12H2,(H2,18,20)(H,19,21). The molecule has 2 aromatic rings. The Kier molecular flexibility index (Phi) is 6.03. The lowest BCUT2D eigenvalue weighted by Crippen LogP contribution is -2.24. The summed E-state index contributed by atoms with van der Waals surface area (Å²) < 4.78 is 0. The third-order valence-corrected chi connectivity index (χ3v) is 4.15. The highest BCUT2D eigenvalue weighted by molar-refractivity contribution is 7.99. The van der Waals surface area contributed by atoms with Gasteiger partial charge in [0.15, 0.2) is 0 Å². The molecule has 0 radical (unpaired) electrons. The van der Waals surface area contributed by atoms with E-state index in [1.54, 1.807) is 36.0 Å². The average Bonchev–Trinajstić information content (AvgIpc) is 2.55. The molecule has 0 atom stereocenters. The van der Waals surface area contributed by atoms with E-state index in [-0.39, 0.29) is 5.91 Å². The SMILES string of the molecule is NC(=O)c1ccc(C(=O)NCCCSc2ccccc2)cc1. The van der Waals surface area contributed by atoms with E-state index in [1.165, 1.54) is 4.90 Å². The van der Waals surface area contributed by atoms with Crippen molar-refractivity contribution in [2.24, 2.45) is 5.73 Å². The van der Waals surface area contributed by atoms with E-state index in [0.29, 0.717) is 17.7 Å². The van der Waals surface area contributed by atoms with Gasteiger partial charge in [0.05, 0.1) is 0 Å². The normalized spacial score (nSPS) is 10.2. The number of carbonyl (C=O) groups is 2. The van der Waals surface area contributed by atoms with Gasteiger partial charge in [-0.25, -0.2) is 0 Å². The Morgan fingerprint density at radius 1 is 0.955 bits per heavy atom. The summed E-state index contributed by atoms with van der Waals surface area (Å²) in [5, 5.41) is 2.87. The van der Waals surface area contributed by atoms with Crippen molar-refractivity contribution >= 4 is 23.6 Å². The highest BCUT2D eigenvalue weighted by Gasteiger charge is 2.06. The van der Waals surface area contributed by atoms with E-state index in [2.05, 4.69) is 17.4 Å². The van der Waals surface area contributed by atoms with Gasteiger partial charge >= 0.3 is 0 Å². The number of hydrogen-bond donors (Lipinski definition) is 2. The average molecular weight is 314 g/mol. The van der Waals surface area contributed by atoms with Crippen LogP contribution in [-0.2, 0) is 0 Å².